The van der Waals surface area contributed by atoms with Crippen molar-refractivity contribution in [3.05, 3.63) is 48.0 Å². The van der Waals surface area contributed by atoms with Gasteiger partial charge in [-0.3, -0.25) is 14.4 Å². The summed E-state index contributed by atoms with van der Waals surface area (Å²) in [5.41, 5.74) is 0.411. The molecule has 2 aromatic rings. The maximum atomic E-state index is 12.2. The Bertz CT molecular complexity index is 927. The lowest BCUT2D eigenvalue weighted by molar-refractivity contribution is -0.150. The van der Waals surface area contributed by atoms with Crippen LogP contribution in [0.3, 0.4) is 0 Å². The van der Waals surface area contributed by atoms with Crippen LogP contribution in [0.15, 0.2) is 42.5 Å². The molecule has 2 aromatic carbocycles. The number of rotatable bonds is 9. The minimum Gasteiger partial charge on any atom is -0.467 e. The smallest absolute Gasteiger partial charge is 0.328 e. The first-order chi connectivity index (χ1) is 14.3. The van der Waals surface area contributed by atoms with Gasteiger partial charge in [0.1, 0.15) is 12.6 Å². The molecule has 0 aliphatic heterocycles. The molecule has 8 heteroatoms. The highest BCUT2D eigenvalue weighted by molar-refractivity contribution is 5.99. The number of nitrogens with one attached hydrogen (secondary N) is 2. The topological polar surface area (TPSA) is 111 Å². The van der Waals surface area contributed by atoms with E-state index < -0.39 is 36.4 Å². The third-order valence-electron chi connectivity index (χ3n) is 4.75. The first-order valence-electron chi connectivity index (χ1n) is 9.65. The van der Waals surface area contributed by atoms with Crippen LogP contribution < -0.4 is 10.6 Å². The van der Waals surface area contributed by atoms with Crippen molar-refractivity contribution in [2.24, 2.45) is 5.92 Å². The van der Waals surface area contributed by atoms with Gasteiger partial charge in [0.05, 0.1) is 7.11 Å². The predicted molar refractivity (Wildman–Crippen MR) is 111 cm³/mol. The number of esters is 2. The first-order valence-corrected chi connectivity index (χ1v) is 9.65. The maximum Gasteiger partial charge on any atom is 0.328 e. The highest BCUT2D eigenvalue weighted by Crippen LogP contribution is 2.15. The first kappa shape index (κ1) is 22.9. The number of carbonyl (C=O) groups is 4. The van der Waals surface area contributed by atoms with Gasteiger partial charge in [-0.05, 0) is 28.8 Å². The van der Waals surface area contributed by atoms with Gasteiger partial charge in [0.15, 0.2) is 6.61 Å². The lowest BCUT2D eigenvalue weighted by Crippen LogP contribution is -2.47. The van der Waals surface area contributed by atoms with E-state index in [-0.39, 0.29) is 12.5 Å². The Morgan fingerprint density at radius 2 is 1.73 bits per heavy atom. The molecule has 0 aromatic heterocycles. The number of amides is 2. The van der Waals surface area contributed by atoms with Crippen molar-refractivity contribution < 1.29 is 28.7 Å². The predicted octanol–water partition coefficient (Wildman–Crippen LogP) is 1.82. The van der Waals surface area contributed by atoms with E-state index in [0.717, 1.165) is 10.8 Å². The van der Waals surface area contributed by atoms with Gasteiger partial charge in [-0.25, -0.2) is 4.79 Å². The number of benzene rings is 2. The van der Waals surface area contributed by atoms with Crippen LogP contribution in [0.25, 0.3) is 10.8 Å². The minimum absolute atomic E-state index is 0.140. The molecule has 8 nitrogen and oxygen atoms in total. The molecule has 0 saturated heterocycles. The Hall–Kier alpha value is -3.42. The molecule has 2 atom stereocenters. The molecule has 0 heterocycles. The zero-order chi connectivity index (χ0) is 22.1. The Morgan fingerprint density at radius 1 is 1.03 bits per heavy atom. The van der Waals surface area contributed by atoms with E-state index in [1.165, 1.54) is 7.11 Å². The monoisotopic (exact) mass is 414 g/mol. The highest BCUT2D eigenvalue weighted by Gasteiger charge is 2.26. The van der Waals surface area contributed by atoms with Crippen LogP contribution in [-0.4, -0.2) is 50.1 Å². The summed E-state index contributed by atoms with van der Waals surface area (Å²) in [7, 11) is 1.24. The number of hydrogen-bond acceptors (Lipinski definition) is 6. The van der Waals surface area contributed by atoms with Gasteiger partial charge >= 0.3 is 11.9 Å². The number of fused-ring (bicyclic) bond motifs is 1. The second-order valence-electron chi connectivity index (χ2n) is 6.86. The van der Waals surface area contributed by atoms with Gasteiger partial charge in [-0.15, -0.1) is 0 Å². The minimum atomic E-state index is -0.821. The standard InChI is InChI=1S/C22H26N2O6/c1-4-14(2)20(22(28)29-3)24-18(25)13-30-19(26)12-23-21(27)17-10-9-15-7-5-6-8-16(15)11-17/h5-11,14,20H,4,12-13H2,1-3H3,(H,23,27)(H,24,25)/t14-,20+/m1/s1. The van der Waals surface area contributed by atoms with Crippen molar-refractivity contribution in [1.82, 2.24) is 10.6 Å². The highest BCUT2D eigenvalue weighted by atomic mass is 16.5. The Morgan fingerprint density at radius 3 is 2.40 bits per heavy atom. The fourth-order valence-corrected chi connectivity index (χ4v) is 2.79. The van der Waals surface area contributed by atoms with Crippen molar-refractivity contribution in [3.63, 3.8) is 0 Å². The number of ether oxygens (including phenoxy) is 2. The molecular weight excluding hydrogens is 388 g/mol. The average molecular weight is 414 g/mol. The fourth-order valence-electron chi connectivity index (χ4n) is 2.79. The maximum absolute atomic E-state index is 12.2. The van der Waals surface area contributed by atoms with E-state index in [0.29, 0.717) is 12.0 Å². The normalized spacial score (nSPS) is 12.5. The van der Waals surface area contributed by atoms with Crippen molar-refractivity contribution in [2.45, 2.75) is 26.3 Å². The zero-order valence-corrected chi connectivity index (χ0v) is 17.3. The molecule has 2 N–H and O–H groups in total. The molecule has 0 bridgehead atoms. The van der Waals surface area contributed by atoms with Crippen LogP contribution in [0, 0.1) is 5.92 Å². The van der Waals surface area contributed by atoms with Gasteiger partial charge < -0.3 is 20.1 Å². The third kappa shape index (κ3) is 6.30. The molecule has 30 heavy (non-hydrogen) atoms. The van der Waals surface area contributed by atoms with Gasteiger partial charge in [0.2, 0.25) is 0 Å². The number of hydrogen-bond donors (Lipinski definition) is 2. The van der Waals surface area contributed by atoms with E-state index in [1.54, 1.807) is 19.1 Å². The molecule has 0 unspecified atom stereocenters. The number of methoxy groups -OCH3 is 1. The van der Waals surface area contributed by atoms with Crippen molar-refractivity contribution >= 4 is 34.5 Å². The molecule has 0 aliphatic carbocycles. The van der Waals surface area contributed by atoms with E-state index >= 15 is 0 Å². The summed E-state index contributed by atoms with van der Waals surface area (Å²) in [5, 5.41) is 6.88. The second-order valence-corrected chi connectivity index (χ2v) is 6.86. The summed E-state index contributed by atoms with van der Waals surface area (Å²) in [6, 6.07) is 12.0. The van der Waals surface area contributed by atoms with E-state index in [1.807, 2.05) is 37.3 Å². The van der Waals surface area contributed by atoms with Gasteiger partial charge in [0.25, 0.3) is 11.8 Å². The van der Waals surface area contributed by atoms with E-state index in [2.05, 4.69) is 15.4 Å². The van der Waals surface area contributed by atoms with Crippen LogP contribution in [-0.2, 0) is 23.9 Å². The summed E-state index contributed by atoms with van der Waals surface area (Å²) < 4.78 is 9.56. The van der Waals surface area contributed by atoms with Crippen molar-refractivity contribution in [1.29, 1.82) is 0 Å². The average Bonchev–Trinajstić information content (AvgIpc) is 2.78. The molecule has 0 saturated carbocycles. The SMILES string of the molecule is CC[C@@H](C)[C@H](NC(=O)COC(=O)CNC(=O)c1ccc2ccccc2c1)C(=O)OC. The van der Waals surface area contributed by atoms with Crippen LogP contribution in [0.5, 0.6) is 0 Å². The largest absolute Gasteiger partial charge is 0.467 e. The zero-order valence-electron chi connectivity index (χ0n) is 17.3. The van der Waals surface area contributed by atoms with Crippen LogP contribution >= 0.6 is 0 Å². The molecule has 0 spiro atoms. The molecule has 0 radical (unpaired) electrons. The number of carbonyl (C=O) groups excluding carboxylic acids is 4. The third-order valence-corrected chi connectivity index (χ3v) is 4.75. The van der Waals surface area contributed by atoms with Crippen LogP contribution in [0.4, 0.5) is 0 Å². The molecule has 160 valence electrons. The quantitative estimate of drug-likeness (QED) is 0.606. The molecular formula is C22H26N2O6. The Balaban J connectivity index is 1.81. The lowest BCUT2D eigenvalue weighted by Gasteiger charge is -2.21. The van der Waals surface area contributed by atoms with Crippen molar-refractivity contribution in [2.75, 3.05) is 20.3 Å². The summed E-state index contributed by atoms with van der Waals surface area (Å²) in [4.78, 5) is 47.9. The van der Waals surface area contributed by atoms with E-state index in [9.17, 15) is 19.2 Å². The van der Waals surface area contributed by atoms with Crippen molar-refractivity contribution in [3.8, 4) is 0 Å². The molecule has 2 amide bonds. The Labute approximate surface area is 174 Å². The van der Waals surface area contributed by atoms with Crippen LogP contribution in [0.1, 0.15) is 30.6 Å². The summed E-state index contributed by atoms with van der Waals surface area (Å²) in [6.45, 7) is 2.74. The van der Waals surface area contributed by atoms with Crippen LogP contribution in [0.2, 0.25) is 0 Å². The summed E-state index contributed by atoms with van der Waals surface area (Å²) in [6.07, 6.45) is 0.653. The Kier molecular flexibility index (Phi) is 8.34. The molecule has 0 aliphatic rings. The van der Waals surface area contributed by atoms with Gasteiger partial charge in [-0.1, -0.05) is 50.6 Å². The second kappa shape index (κ2) is 10.9. The van der Waals surface area contributed by atoms with Gasteiger partial charge in [0, 0.05) is 5.56 Å². The fraction of sp³-hybridized carbons (Fsp3) is 0.364. The summed E-state index contributed by atoms with van der Waals surface area (Å²) >= 11 is 0. The lowest BCUT2D eigenvalue weighted by atomic mass is 9.99. The molecule has 0 fully saturated rings. The molecule has 2 rings (SSSR count). The van der Waals surface area contributed by atoms with E-state index in [4.69, 9.17) is 4.74 Å². The summed E-state index contributed by atoms with van der Waals surface area (Å²) in [5.74, 6) is -2.52. The van der Waals surface area contributed by atoms with Gasteiger partial charge in [-0.2, -0.15) is 0 Å².